The summed E-state index contributed by atoms with van der Waals surface area (Å²) in [5.74, 6) is -0.463. The van der Waals surface area contributed by atoms with Gasteiger partial charge in [0, 0.05) is 6.42 Å². The Kier molecular flexibility index (Phi) is 6.78. The van der Waals surface area contributed by atoms with Crippen LogP contribution < -0.4 is 5.32 Å². The molecule has 0 spiro atoms. The van der Waals surface area contributed by atoms with Crippen molar-refractivity contribution in [1.29, 1.82) is 0 Å². The van der Waals surface area contributed by atoms with E-state index in [0.29, 0.717) is 12.0 Å². The minimum atomic E-state index is -3.58. The second-order valence-corrected chi connectivity index (χ2v) is 10.0. The van der Waals surface area contributed by atoms with E-state index in [0.717, 1.165) is 12.8 Å². The molecule has 1 amide bonds. The van der Waals surface area contributed by atoms with Gasteiger partial charge in [0.2, 0.25) is 0 Å². The number of nitrogens with one attached hydrogen (secondary N) is 1. The number of pyridine rings is 1. The maximum atomic E-state index is 12.8. The summed E-state index contributed by atoms with van der Waals surface area (Å²) in [6, 6.07) is 2.66. The Labute approximate surface area is 162 Å². The monoisotopic (exact) mass is 394 g/mol. The molecule has 2 rings (SSSR count). The van der Waals surface area contributed by atoms with Gasteiger partial charge in [-0.15, -0.1) is 0 Å². The summed E-state index contributed by atoms with van der Waals surface area (Å²) in [7, 11) is -3.58. The number of rotatable bonds is 9. The van der Waals surface area contributed by atoms with Crippen LogP contribution in [0.3, 0.4) is 0 Å². The zero-order valence-electron chi connectivity index (χ0n) is 16.8. The van der Waals surface area contributed by atoms with Gasteiger partial charge in [-0.05, 0) is 42.2 Å². The number of hydrogen-bond donors (Lipinski definition) is 1. The number of nitrogens with zero attached hydrogens (tertiary/aromatic N) is 1. The van der Waals surface area contributed by atoms with Crippen LogP contribution in [0.4, 0.5) is 0 Å². The van der Waals surface area contributed by atoms with E-state index in [9.17, 15) is 18.0 Å². The molecule has 1 aliphatic rings. The first kappa shape index (κ1) is 21.5. The highest BCUT2D eigenvalue weighted by Crippen LogP contribution is 2.42. The van der Waals surface area contributed by atoms with Crippen LogP contribution in [-0.2, 0) is 14.6 Å². The van der Waals surface area contributed by atoms with E-state index in [1.807, 2.05) is 27.7 Å². The lowest BCUT2D eigenvalue weighted by Crippen LogP contribution is -2.44. The van der Waals surface area contributed by atoms with Crippen molar-refractivity contribution in [2.75, 3.05) is 5.75 Å². The number of carbonyl (C=O) groups is 2. The van der Waals surface area contributed by atoms with Gasteiger partial charge in [-0.1, -0.05) is 40.7 Å². The van der Waals surface area contributed by atoms with Gasteiger partial charge in [0.05, 0.1) is 11.8 Å². The third kappa shape index (κ3) is 5.37. The van der Waals surface area contributed by atoms with Crippen molar-refractivity contribution < 1.29 is 18.0 Å². The number of sulfone groups is 1. The summed E-state index contributed by atoms with van der Waals surface area (Å²) >= 11 is 0. The fourth-order valence-corrected chi connectivity index (χ4v) is 4.97. The molecule has 1 fully saturated rings. The number of aromatic nitrogens is 1. The fraction of sp³-hybridized carbons (Fsp3) is 0.650. The Morgan fingerprint density at radius 1 is 1.19 bits per heavy atom. The van der Waals surface area contributed by atoms with Gasteiger partial charge in [-0.2, -0.15) is 0 Å². The lowest BCUT2D eigenvalue weighted by atomic mass is 9.98. The topological polar surface area (TPSA) is 93.2 Å². The number of hydrogen-bond acceptors (Lipinski definition) is 5. The van der Waals surface area contributed by atoms with Gasteiger partial charge >= 0.3 is 0 Å². The normalized spacial score (nSPS) is 15.8. The predicted molar refractivity (Wildman–Crippen MR) is 104 cm³/mol. The average Bonchev–Trinajstić information content (AvgIpc) is 3.41. The van der Waals surface area contributed by atoms with Crippen molar-refractivity contribution in [3.05, 3.63) is 23.4 Å². The SMILES string of the molecule is CCC(=O)[C@@H](NC(=O)c1ccc(C2CC2)c(S(=O)(=O)CC(C)C)n1)C(C)C. The van der Waals surface area contributed by atoms with Crippen LogP contribution in [0.1, 0.15) is 75.9 Å². The van der Waals surface area contributed by atoms with Crippen LogP contribution in [0.5, 0.6) is 0 Å². The van der Waals surface area contributed by atoms with Gasteiger partial charge in [-0.25, -0.2) is 13.4 Å². The third-order valence-corrected chi connectivity index (χ3v) is 6.66. The molecule has 150 valence electrons. The van der Waals surface area contributed by atoms with E-state index in [-0.39, 0.29) is 40.0 Å². The molecule has 0 radical (unpaired) electrons. The van der Waals surface area contributed by atoms with Gasteiger partial charge in [0.1, 0.15) is 5.69 Å². The van der Waals surface area contributed by atoms with Crippen LogP contribution >= 0.6 is 0 Å². The lowest BCUT2D eigenvalue weighted by molar-refractivity contribution is -0.121. The Morgan fingerprint density at radius 2 is 1.81 bits per heavy atom. The van der Waals surface area contributed by atoms with Crippen molar-refractivity contribution in [3.8, 4) is 0 Å². The molecule has 7 heteroatoms. The Balaban J connectivity index is 2.36. The quantitative estimate of drug-likeness (QED) is 0.694. The van der Waals surface area contributed by atoms with Crippen LogP contribution in [0.25, 0.3) is 0 Å². The van der Waals surface area contributed by atoms with E-state index in [2.05, 4.69) is 10.3 Å². The van der Waals surface area contributed by atoms with Crippen LogP contribution in [0, 0.1) is 11.8 Å². The second kappa shape index (κ2) is 8.50. The van der Waals surface area contributed by atoms with Crippen molar-refractivity contribution in [2.45, 2.75) is 70.9 Å². The molecule has 0 aromatic carbocycles. The first-order valence-electron chi connectivity index (χ1n) is 9.64. The summed E-state index contributed by atoms with van der Waals surface area (Å²) in [5.41, 5.74) is 0.744. The average molecular weight is 395 g/mol. The Hall–Kier alpha value is -1.76. The minimum absolute atomic E-state index is 0.00622. The number of Topliss-reactive ketones (excluding diaryl/α,β-unsaturated/α-hetero) is 1. The maximum absolute atomic E-state index is 12.8. The molecule has 1 N–H and O–H groups in total. The standard InChI is InChI=1S/C20H30N2O4S/c1-6-17(23)18(13(4)5)22-19(24)16-10-9-15(14-7-8-14)20(21-16)27(25,26)11-12(2)3/h9-10,12-14,18H,6-8,11H2,1-5H3,(H,22,24)/t18-/m0/s1. The Bertz CT molecular complexity index is 811. The zero-order valence-corrected chi connectivity index (χ0v) is 17.6. The molecule has 0 bridgehead atoms. The molecule has 1 heterocycles. The summed E-state index contributed by atoms with van der Waals surface area (Å²) in [6.07, 6.45) is 2.21. The van der Waals surface area contributed by atoms with Crippen LogP contribution in [-0.4, -0.2) is 36.9 Å². The fourth-order valence-electron chi connectivity index (χ4n) is 3.10. The number of ketones is 1. The highest BCUT2D eigenvalue weighted by atomic mass is 32.2. The lowest BCUT2D eigenvalue weighted by Gasteiger charge is -2.20. The highest BCUT2D eigenvalue weighted by molar-refractivity contribution is 7.91. The summed E-state index contributed by atoms with van der Waals surface area (Å²) < 4.78 is 25.6. The number of amides is 1. The summed E-state index contributed by atoms with van der Waals surface area (Å²) in [6.45, 7) is 9.16. The van der Waals surface area contributed by atoms with Gasteiger partial charge in [0.15, 0.2) is 20.6 Å². The first-order chi connectivity index (χ1) is 12.6. The summed E-state index contributed by atoms with van der Waals surface area (Å²) in [5, 5.41) is 2.74. The minimum Gasteiger partial charge on any atom is -0.341 e. The smallest absolute Gasteiger partial charge is 0.270 e. The van der Waals surface area contributed by atoms with Crippen LogP contribution in [0.2, 0.25) is 0 Å². The third-order valence-electron chi connectivity index (χ3n) is 4.64. The largest absolute Gasteiger partial charge is 0.341 e. The van der Waals surface area contributed by atoms with Gasteiger partial charge in [0.25, 0.3) is 5.91 Å². The summed E-state index contributed by atoms with van der Waals surface area (Å²) in [4.78, 5) is 29.0. The molecule has 0 unspecified atom stereocenters. The predicted octanol–water partition coefficient (Wildman–Crippen LogP) is 3.12. The molecule has 27 heavy (non-hydrogen) atoms. The van der Waals surface area contributed by atoms with Gasteiger partial charge < -0.3 is 5.32 Å². The zero-order chi connectivity index (χ0) is 20.4. The molecule has 0 saturated heterocycles. The Morgan fingerprint density at radius 3 is 2.30 bits per heavy atom. The van der Waals surface area contributed by atoms with E-state index in [1.54, 1.807) is 19.1 Å². The molecule has 1 atom stereocenters. The van der Waals surface area contributed by atoms with E-state index in [1.165, 1.54) is 0 Å². The molecule has 1 aromatic rings. The van der Waals surface area contributed by atoms with Crippen LogP contribution in [0.15, 0.2) is 17.2 Å². The van der Waals surface area contributed by atoms with Crippen molar-refractivity contribution in [1.82, 2.24) is 10.3 Å². The van der Waals surface area contributed by atoms with Crippen molar-refractivity contribution in [2.24, 2.45) is 11.8 Å². The highest BCUT2D eigenvalue weighted by Gasteiger charge is 2.33. The number of carbonyl (C=O) groups excluding carboxylic acids is 2. The molecule has 0 aliphatic heterocycles. The van der Waals surface area contributed by atoms with E-state index < -0.39 is 21.8 Å². The first-order valence-corrected chi connectivity index (χ1v) is 11.3. The second-order valence-electron chi connectivity index (χ2n) is 8.06. The molecule has 6 nitrogen and oxygen atoms in total. The molecular formula is C20H30N2O4S. The maximum Gasteiger partial charge on any atom is 0.270 e. The van der Waals surface area contributed by atoms with Gasteiger partial charge in [-0.3, -0.25) is 9.59 Å². The van der Waals surface area contributed by atoms with Crippen molar-refractivity contribution >= 4 is 21.5 Å². The van der Waals surface area contributed by atoms with E-state index >= 15 is 0 Å². The molecule has 1 aromatic heterocycles. The molecular weight excluding hydrogens is 364 g/mol. The van der Waals surface area contributed by atoms with E-state index in [4.69, 9.17) is 0 Å². The molecule has 1 aliphatic carbocycles. The van der Waals surface area contributed by atoms with Crippen molar-refractivity contribution in [3.63, 3.8) is 0 Å². The molecule has 1 saturated carbocycles.